The second-order valence-electron chi connectivity index (χ2n) is 2.41. The zero-order chi connectivity index (χ0) is 10.8. The van der Waals surface area contributed by atoms with Crippen LogP contribution in [0.15, 0.2) is 24.3 Å². The molecule has 2 N–H and O–H groups in total. The van der Waals surface area contributed by atoms with Crippen LogP contribution in [-0.4, -0.2) is 18.9 Å². The van der Waals surface area contributed by atoms with E-state index in [1.807, 2.05) is 0 Å². The molecule has 0 aliphatic heterocycles. The van der Waals surface area contributed by atoms with Crippen molar-refractivity contribution < 1.29 is 17.8 Å². The van der Waals surface area contributed by atoms with Crippen LogP contribution in [0, 0.1) is 0 Å². The van der Waals surface area contributed by atoms with E-state index in [0.717, 1.165) is 0 Å². The lowest BCUT2D eigenvalue weighted by Gasteiger charge is -2.00. The summed E-state index contributed by atoms with van der Waals surface area (Å²) in [6, 6.07) is 5.53. The van der Waals surface area contributed by atoms with Gasteiger partial charge in [0.2, 0.25) is 0 Å². The van der Waals surface area contributed by atoms with Gasteiger partial charge in [0.15, 0.2) is 0 Å². The van der Waals surface area contributed by atoms with Gasteiger partial charge in [0.05, 0.1) is 0 Å². The van der Waals surface area contributed by atoms with Crippen LogP contribution in [0.4, 0.5) is 0 Å². The first-order valence-corrected chi connectivity index (χ1v) is 5.25. The van der Waals surface area contributed by atoms with Crippen LogP contribution in [0.3, 0.4) is 0 Å². The van der Waals surface area contributed by atoms with E-state index in [1.165, 1.54) is 29.0 Å². The summed E-state index contributed by atoms with van der Waals surface area (Å²) in [4.78, 5) is 11.1. The summed E-state index contributed by atoms with van der Waals surface area (Å²) in [5.41, 5.74) is 0.0898. The average Bonchev–Trinajstić information content (AvgIpc) is 2.02. The summed E-state index contributed by atoms with van der Waals surface area (Å²) in [5, 5.41) is 0.424. The molecule has 0 bridgehead atoms. The molecule has 0 atom stereocenters. The molecule has 0 radical (unpaired) electrons. The summed E-state index contributed by atoms with van der Waals surface area (Å²) in [6.07, 6.45) is 0. The van der Waals surface area contributed by atoms with Crippen molar-refractivity contribution in [1.29, 1.82) is 0 Å². The minimum atomic E-state index is -4.51. The van der Waals surface area contributed by atoms with Crippen molar-refractivity contribution in [2.75, 3.05) is 0 Å². The van der Waals surface area contributed by atoms with Gasteiger partial charge in [-0.1, -0.05) is 11.6 Å². The van der Waals surface area contributed by atoms with E-state index in [1.54, 1.807) is 0 Å². The Kier molecular flexibility index (Phi) is 3.10. The van der Waals surface area contributed by atoms with Crippen molar-refractivity contribution >= 4 is 27.8 Å². The van der Waals surface area contributed by atoms with Gasteiger partial charge in [-0.25, -0.2) is 4.72 Å². The molecule has 0 heterocycles. The molecule has 1 rings (SSSR count). The number of nitrogens with one attached hydrogen (secondary N) is 1. The summed E-state index contributed by atoms with van der Waals surface area (Å²) in [5.74, 6) is -0.913. The van der Waals surface area contributed by atoms with Crippen LogP contribution < -0.4 is 4.72 Å². The van der Waals surface area contributed by atoms with Gasteiger partial charge in [0, 0.05) is 10.6 Å². The molecular formula is C7H6ClNO4S. The Hall–Kier alpha value is -1.11. The van der Waals surface area contributed by atoms with Crippen LogP contribution in [0.25, 0.3) is 0 Å². The molecule has 76 valence electrons. The Labute approximate surface area is 85.6 Å². The molecule has 1 aromatic rings. The second-order valence-corrected chi connectivity index (χ2v) is 4.00. The third-order valence-electron chi connectivity index (χ3n) is 1.33. The highest BCUT2D eigenvalue weighted by molar-refractivity contribution is 7.84. The lowest BCUT2D eigenvalue weighted by Crippen LogP contribution is -2.29. The lowest BCUT2D eigenvalue weighted by atomic mass is 10.2. The standard InChI is InChI=1S/C7H6ClNO4S/c8-6-3-1-5(2-4-6)7(10)9-14(11,12)13/h1-4H,(H,9,10)(H,11,12,13). The fraction of sp³-hybridized carbons (Fsp3) is 0. The van der Waals surface area contributed by atoms with Gasteiger partial charge in [-0.15, -0.1) is 0 Å². The number of hydrogen-bond acceptors (Lipinski definition) is 3. The van der Waals surface area contributed by atoms with Crippen LogP contribution in [-0.2, 0) is 10.3 Å². The molecule has 0 unspecified atom stereocenters. The quantitative estimate of drug-likeness (QED) is 0.745. The topological polar surface area (TPSA) is 83.5 Å². The molecule has 0 aliphatic rings. The first-order chi connectivity index (χ1) is 6.38. The van der Waals surface area contributed by atoms with Crippen LogP contribution in [0.1, 0.15) is 10.4 Å². The summed E-state index contributed by atoms with van der Waals surface area (Å²) >= 11 is 5.55. The van der Waals surface area contributed by atoms with Gasteiger partial charge in [-0.3, -0.25) is 9.35 Å². The maximum atomic E-state index is 11.1. The molecule has 0 spiro atoms. The summed E-state index contributed by atoms with van der Waals surface area (Å²) < 4.78 is 30.3. The highest BCUT2D eigenvalue weighted by Crippen LogP contribution is 2.09. The van der Waals surface area contributed by atoms with Gasteiger partial charge in [0.25, 0.3) is 5.91 Å². The number of halogens is 1. The molecule has 14 heavy (non-hydrogen) atoms. The van der Waals surface area contributed by atoms with E-state index < -0.39 is 16.2 Å². The first kappa shape index (κ1) is 11.0. The fourth-order valence-electron chi connectivity index (χ4n) is 0.777. The van der Waals surface area contributed by atoms with Gasteiger partial charge in [-0.2, -0.15) is 8.42 Å². The van der Waals surface area contributed by atoms with E-state index >= 15 is 0 Å². The number of rotatable bonds is 2. The number of carbonyl (C=O) groups is 1. The maximum Gasteiger partial charge on any atom is 0.359 e. The number of benzene rings is 1. The van der Waals surface area contributed by atoms with Gasteiger partial charge in [-0.05, 0) is 24.3 Å². The van der Waals surface area contributed by atoms with Crippen molar-refractivity contribution in [2.24, 2.45) is 0 Å². The summed E-state index contributed by atoms with van der Waals surface area (Å²) in [7, 11) is -4.51. The van der Waals surface area contributed by atoms with Crippen LogP contribution >= 0.6 is 11.6 Å². The van der Waals surface area contributed by atoms with Crippen molar-refractivity contribution in [3.05, 3.63) is 34.9 Å². The number of amides is 1. The predicted octanol–water partition coefficient (Wildman–Crippen LogP) is 0.873. The Morgan fingerprint density at radius 2 is 1.79 bits per heavy atom. The predicted molar refractivity (Wildman–Crippen MR) is 50.5 cm³/mol. The van der Waals surface area contributed by atoms with Gasteiger partial charge in [0.1, 0.15) is 0 Å². The third kappa shape index (κ3) is 3.33. The summed E-state index contributed by atoms with van der Waals surface area (Å²) in [6.45, 7) is 0. The smallest absolute Gasteiger partial charge is 0.269 e. The van der Waals surface area contributed by atoms with Crippen molar-refractivity contribution in [3.63, 3.8) is 0 Å². The Morgan fingerprint density at radius 3 is 2.21 bits per heavy atom. The molecule has 7 heteroatoms. The molecule has 5 nitrogen and oxygen atoms in total. The largest absolute Gasteiger partial charge is 0.359 e. The Morgan fingerprint density at radius 1 is 1.29 bits per heavy atom. The minimum absolute atomic E-state index is 0.0898. The monoisotopic (exact) mass is 235 g/mol. The molecule has 0 fully saturated rings. The average molecular weight is 236 g/mol. The van der Waals surface area contributed by atoms with E-state index in [0.29, 0.717) is 5.02 Å². The van der Waals surface area contributed by atoms with Crippen LogP contribution in [0.2, 0.25) is 5.02 Å². The zero-order valence-corrected chi connectivity index (χ0v) is 8.34. The van der Waals surface area contributed by atoms with Gasteiger partial charge < -0.3 is 0 Å². The van der Waals surface area contributed by atoms with Crippen molar-refractivity contribution in [1.82, 2.24) is 4.72 Å². The highest BCUT2D eigenvalue weighted by atomic mass is 35.5. The molecular weight excluding hydrogens is 230 g/mol. The van der Waals surface area contributed by atoms with Crippen molar-refractivity contribution in [2.45, 2.75) is 0 Å². The second kappa shape index (κ2) is 3.95. The zero-order valence-electron chi connectivity index (χ0n) is 6.77. The van der Waals surface area contributed by atoms with E-state index in [-0.39, 0.29) is 5.56 Å². The number of carbonyl (C=O) groups excluding carboxylic acids is 1. The van der Waals surface area contributed by atoms with E-state index in [9.17, 15) is 13.2 Å². The highest BCUT2D eigenvalue weighted by Gasteiger charge is 2.11. The van der Waals surface area contributed by atoms with E-state index in [4.69, 9.17) is 16.2 Å². The van der Waals surface area contributed by atoms with Crippen LogP contribution in [0.5, 0.6) is 0 Å². The number of hydrogen-bond donors (Lipinski definition) is 2. The normalized spacial score (nSPS) is 11.0. The molecule has 0 aliphatic carbocycles. The Bertz CT molecular complexity index is 439. The van der Waals surface area contributed by atoms with Gasteiger partial charge >= 0.3 is 10.3 Å². The maximum absolute atomic E-state index is 11.1. The molecule has 0 saturated heterocycles. The van der Waals surface area contributed by atoms with Crippen molar-refractivity contribution in [3.8, 4) is 0 Å². The SMILES string of the molecule is O=C(NS(=O)(=O)O)c1ccc(Cl)cc1. The lowest BCUT2D eigenvalue weighted by molar-refractivity contribution is 0.0979. The molecule has 0 saturated carbocycles. The fourth-order valence-corrected chi connectivity index (χ4v) is 1.26. The minimum Gasteiger partial charge on any atom is -0.269 e. The Balaban J connectivity index is 2.86. The third-order valence-corrected chi connectivity index (χ3v) is 2.02. The first-order valence-electron chi connectivity index (χ1n) is 3.43. The van der Waals surface area contributed by atoms with E-state index in [2.05, 4.69) is 0 Å². The molecule has 1 amide bonds. The molecule has 1 aromatic carbocycles. The molecule has 0 aromatic heterocycles.